The van der Waals surface area contributed by atoms with Crippen molar-refractivity contribution in [3.8, 4) is 0 Å². The van der Waals surface area contributed by atoms with Gasteiger partial charge in [0.1, 0.15) is 17.5 Å². The van der Waals surface area contributed by atoms with Gasteiger partial charge in [0, 0.05) is 56.5 Å². The van der Waals surface area contributed by atoms with E-state index in [-0.39, 0.29) is 61.1 Å². The van der Waals surface area contributed by atoms with E-state index < -0.39 is 81.1 Å². The summed E-state index contributed by atoms with van der Waals surface area (Å²) in [6.07, 6.45) is 4.33. The number of nitro benzene ring substituents is 6. The highest BCUT2D eigenvalue weighted by Gasteiger charge is 2.25. The Morgan fingerprint density at radius 2 is 0.880 bits per heavy atom. The second kappa shape index (κ2) is 36.3. The van der Waals surface area contributed by atoms with Gasteiger partial charge in [-0.05, 0) is 126 Å². The zero-order valence-electron chi connectivity index (χ0n) is 44.8. The molecule has 0 saturated carbocycles. The molecule has 0 bridgehead atoms. The number of nitro groups is 6. The molecule has 0 aliphatic carbocycles. The van der Waals surface area contributed by atoms with Gasteiger partial charge < -0.3 is 25.1 Å². The third kappa shape index (κ3) is 25.8. The molecule has 3 N–H and O–H groups in total. The summed E-state index contributed by atoms with van der Waals surface area (Å²) in [4.78, 5) is 63.5. The summed E-state index contributed by atoms with van der Waals surface area (Å²) in [5.74, 6) is -3.94. The van der Waals surface area contributed by atoms with Crippen molar-refractivity contribution < 1.29 is 65.4 Å². The number of aromatic amines is 1. The van der Waals surface area contributed by atoms with E-state index in [9.17, 15) is 87.0 Å². The van der Waals surface area contributed by atoms with Gasteiger partial charge in [-0.3, -0.25) is 65.6 Å². The molecule has 0 atom stereocenters. The van der Waals surface area contributed by atoms with Gasteiger partial charge in [-0.15, -0.1) is 0 Å². The first-order valence-corrected chi connectivity index (χ1v) is 22.6. The van der Waals surface area contributed by atoms with E-state index in [1.165, 1.54) is 56.5 Å². The second-order valence-electron chi connectivity index (χ2n) is 16.6. The van der Waals surface area contributed by atoms with Gasteiger partial charge in [0.15, 0.2) is 0 Å². The fourth-order valence-electron chi connectivity index (χ4n) is 6.02. The number of benzene rings is 6. The van der Waals surface area contributed by atoms with Gasteiger partial charge >= 0.3 is 17.1 Å². The first-order chi connectivity index (χ1) is 37.8. The minimum absolute atomic E-state index is 0. The number of hydrogen-bond donors (Lipinski definition) is 2. The van der Waals surface area contributed by atoms with Crippen LogP contribution in [0.2, 0.25) is 0 Å². The molecule has 1 heterocycles. The number of hydrogen-bond acceptors (Lipinski definition) is 17. The number of nitrogens with two attached hydrogens (primary N) is 1. The minimum Gasteiger partial charge on any atom is -0.396 e. The number of aryl methyl sites for hydroxylation is 4. The van der Waals surface area contributed by atoms with Crippen LogP contribution in [0.25, 0.3) is 17.0 Å². The molecule has 7 rings (SSSR count). The lowest BCUT2D eigenvalue weighted by Gasteiger charge is -2.19. The summed E-state index contributed by atoms with van der Waals surface area (Å²) in [7, 11) is 10.4. The Morgan fingerprint density at radius 3 is 1.18 bits per heavy atom. The van der Waals surface area contributed by atoms with Gasteiger partial charge in [0.25, 0.3) is 17.1 Å². The van der Waals surface area contributed by atoms with E-state index in [4.69, 9.17) is 15.2 Å². The third-order valence-corrected chi connectivity index (χ3v) is 9.82. The van der Waals surface area contributed by atoms with E-state index in [0.717, 1.165) is 40.2 Å². The summed E-state index contributed by atoms with van der Waals surface area (Å²) < 4.78 is 86.0. The Hall–Kier alpha value is -9.94. The number of fused-ring (bicyclic) bond motifs is 1. The molecular weight excluding hydrogens is 1110 g/mol. The van der Waals surface area contributed by atoms with Crippen molar-refractivity contribution in [2.45, 2.75) is 49.0 Å². The van der Waals surface area contributed by atoms with Crippen molar-refractivity contribution in [1.29, 1.82) is 0 Å². The van der Waals surface area contributed by atoms with Crippen molar-refractivity contribution in [1.82, 2.24) is 14.8 Å². The number of aromatic nitrogens is 1. The lowest BCUT2D eigenvalue weighted by molar-refractivity contribution is -0.396. The number of halogens is 6. The SMILES string of the molecule is C.C.CN(C)/C=C/c1cc(F)c([N+](=O)[O-])cc1[N+](=O)[O-].COC(OC)N(C)C.Cc1cc(F)c([N+](=O)[O-])cc1[N+](=O)[O-].Cc1cc(F)c([N+](=O)[O-])cc1[N+](=O)[O-].Cc1cccc(F)c1.Cc1cccc(F)c1.Nc1cc2[nH]ccc2cc1F. The number of nitrogen functional groups attached to an aromatic ring is 1. The van der Waals surface area contributed by atoms with E-state index in [1.54, 1.807) is 63.7 Å². The molecule has 0 unspecified atom stereocenters. The largest absolute Gasteiger partial charge is 0.396 e. The van der Waals surface area contributed by atoms with Crippen LogP contribution in [0, 0.1) is 123 Å². The molecule has 0 saturated heterocycles. The zero-order chi connectivity index (χ0) is 62.0. The topological polar surface area (TPSA) is 326 Å². The average molecular weight is 1180 g/mol. The average Bonchev–Trinajstić information content (AvgIpc) is 3.97. The molecule has 0 spiro atoms. The van der Waals surface area contributed by atoms with E-state index >= 15 is 0 Å². The quantitative estimate of drug-likeness (QED) is 0.0399. The molecule has 450 valence electrons. The zero-order valence-corrected chi connectivity index (χ0v) is 44.8. The highest BCUT2D eigenvalue weighted by molar-refractivity contribution is 5.82. The molecule has 24 nitrogen and oxygen atoms in total. The van der Waals surface area contributed by atoms with Crippen molar-refractivity contribution >= 4 is 56.8 Å². The molecule has 0 aliphatic heterocycles. The lowest BCUT2D eigenvalue weighted by atomic mass is 10.1. The molecule has 30 heteroatoms. The lowest BCUT2D eigenvalue weighted by Crippen LogP contribution is -2.30. The van der Waals surface area contributed by atoms with Crippen molar-refractivity contribution in [3.05, 3.63) is 239 Å². The van der Waals surface area contributed by atoms with Crippen LogP contribution in [-0.2, 0) is 9.47 Å². The van der Waals surface area contributed by atoms with Crippen LogP contribution in [0.4, 0.5) is 66.2 Å². The summed E-state index contributed by atoms with van der Waals surface area (Å²) in [5.41, 5.74) is 4.28. The minimum atomic E-state index is -1.11. The standard InChI is InChI=1S/C10H10FN3O4.C8H7FN2.2C7H5FN2O4.2C7H7F.C5H13NO2.2CH4/c1-12(2)4-3-7-5-8(11)10(14(17)18)6-9(7)13(15)16;9-6-3-5-1-2-11-8(5)4-7(6)10;2*1-4-2-5(8)7(10(13)14)3-6(4)9(11)12;2*1-6-3-2-4-7(8)5-6;1-6(2)5(7-3)8-4;;/h3-6H,1-2H3;1-4,11H,10H2;2*2-3H,1H3;2*2-5H,1H3;5H,1-4H3;2*1H4/b4-3+;;;;;;;;. The maximum atomic E-state index is 13.4. The smallest absolute Gasteiger partial charge is 0.311 e. The highest BCUT2D eigenvalue weighted by atomic mass is 19.1. The van der Waals surface area contributed by atoms with Gasteiger partial charge in [-0.25, -0.2) is 13.2 Å². The Morgan fingerprint density at radius 1 is 0.506 bits per heavy atom. The summed E-state index contributed by atoms with van der Waals surface area (Å²) in [6.45, 7) is 6.35. The van der Waals surface area contributed by atoms with Gasteiger partial charge in [-0.1, -0.05) is 39.1 Å². The Balaban J connectivity index is 0. The molecule has 0 aliphatic rings. The monoisotopic (exact) mass is 1180 g/mol. The highest BCUT2D eigenvalue weighted by Crippen LogP contribution is 2.30. The summed E-state index contributed by atoms with van der Waals surface area (Å²) in [6, 6.07) is 22.0. The molecule has 6 aromatic carbocycles. The van der Waals surface area contributed by atoms with Crippen LogP contribution in [-0.4, -0.2) is 93.1 Å². The van der Waals surface area contributed by atoms with Crippen LogP contribution in [0.3, 0.4) is 0 Å². The predicted octanol–water partition coefficient (Wildman–Crippen LogP) is 13.6. The Kier molecular flexibility index (Phi) is 32.9. The summed E-state index contributed by atoms with van der Waals surface area (Å²) >= 11 is 0. The predicted molar refractivity (Wildman–Crippen MR) is 301 cm³/mol. The third-order valence-electron chi connectivity index (χ3n) is 9.82. The number of nitrogens with one attached hydrogen (secondary N) is 1. The first kappa shape index (κ1) is 75.1. The Bertz CT molecular complexity index is 3080. The maximum Gasteiger partial charge on any atom is 0.311 e. The fourth-order valence-corrected chi connectivity index (χ4v) is 6.02. The van der Waals surface area contributed by atoms with Crippen LogP contribution in [0.1, 0.15) is 42.7 Å². The maximum absolute atomic E-state index is 13.4. The van der Waals surface area contributed by atoms with E-state index in [2.05, 4.69) is 4.98 Å². The molecule has 7 aromatic rings. The normalized spacial score (nSPS) is 9.90. The van der Waals surface area contributed by atoms with Crippen LogP contribution in [0.5, 0.6) is 0 Å². The Labute approximate surface area is 471 Å². The van der Waals surface area contributed by atoms with E-state index in [0.29, 0.717) is 18.2 Å². The second-order valence-corrected chi connectivity index (χ2v) is 16.6. The van der Waals surface area contributed by atoms with Crippen LogP contribution >= 0.6 is 0 Å². The fraction of sp³-hybridized carbons (Fsp3) is 0.245. The number of anilines is 1. The van der Waals surface area contributed by atoms with Crippen molar-refractivity contribution in [3.63, 3.8) is 0 Å². The van der Waals surface area contributed by atoms with Gasteiger partial charge in [0.05, 0.1) is 59.0 Å². The van der Waals surface area contributed by atoms with Gasteiger partial charge in [-0.2, -0.15) is 13.2 Å². The summed E-state index contributed by atoms with van der Waals surface area (Å²) in [5, 5.41) is 63.3. The van der Waals surface area contributed by atoms with Crippen LogP contribution < -0.4 is 5.73 Å². The van der Waals surface area contributed by atoms with Crippen molar-refractivity contribution in [2.75, 3.05) is 48.1 Å². The van der Waals surface area contributed by atoms with Crippen molar-refractivity contribution in [2.24, 2.45) is 0 Å². The molecule has 0 radical (unpaired) electrons. The number of nitrogens with zero attached hydrogens (tertiary/aromatic N) is 8. The molecule has 83 heavy (non-hydrogen) atoms. The van der Waals surface area contributed by atoms with Crippen LogP contribution in [0.15, 0.2) is 116 Å². The number of ether oxygens (including phenoxy) is 2. The number of rotatable bonds is 11. The number of H-pyrrole nitrogens is 1. The first-order valence-electron chi connectivity index (χ1n) is 22.6. The molecule has 1 aromatic heterocycles. The molecule has 0 amide bonds. The molecular formula is C53H62F6N10O14. The van der Waals surface area contributed by atoms with Gasteiger partial charge in [0.2, 0.25) is 23.9 Å². The van der Waals surface area contributed by atoms with E-state index in [1.807, 2.05) is 45.0 Å². The molecule has 0 fully saturated rings. The number of methoxy groups -OCH3 is 2.